The average molecular weight is 213 g/mol. The van der Waals surface area contributed by atoms with Crippen molar-refractivity contribution in [2.24, 2.45) is 0 Å². The summed E-state index contributed by atoms with van der Waals surface area (Å²) in [6.07, 6.45) is 5.52. The Hall–Kier alpha value is 0.0100. The highest BCUT2D eigenvalue weighted by Gasteiger charge is 2.40. The van der Waals surface area contributed by atoms with Gasteiger partial charge in [-0.1, -0.05) is 6.08 Å². The molecule has 2 heterocycles. The van der Waals surface area contributed by atoms with E-state index in [0.717, 1.165) is 19.6 Å². The van der Waals surface area contributed by atoms with Crippen LogP contribution in [-0.4, -0.2) is 36.3 Å². The van der Waals surface area contributed by atoms with Gasteiger partial charge in [0, 0.05) is 24.9 Å². The zero-order valence-corrected chi connectivity index (χ0v) is 9.44. The van der Waals surface area contributed by atoms with Gasteiger partial charge >= 0.3 is 0 Å². The first-order chi connectivity index (χ1) is 6.85. The number of thioether (sulfide) groups is 1. The molecule has 2 nitrogen and oxygen atoms in total. The van der Waals surface area contributed by atoms with Crippen molar-refractivity contribution in [2.45, 2.75) is 30.9 Å². The van der Waals surface area contributed by atoms with Crippen LogP contribution in [0.1, 0.15) is 19.3 Å². The largest absolute Gasteiger partial charge is 0.374 e. The Morgan fingerprint density at radius 2 is 2.57 bits per heavy atom. The fourth-order valence-electron chi connectivity index (χ4n) is 2.32. The summed E-state index contributed by atoms with van der Waals surface area (Å²) in [6, 6.07) is 0.639. The summed E-state index contributed by atoms with van der Waals surface area (Å²) < 4.78 is 5.95. The van der Waals surface area contributed by atoms with Crippen LogP contribution in [0.4, 0.5) is 0 Å². The van der Waals surface area contributed by atoms with Gasteiger partial charge in [0.1, 0.15) is 0 Å². The normalized spacial score (nSPS) is 37.6. The Morgan fingerprint density at radius 3 is 3.29 bits per heavy atom. The number of hydrogen-bond donors (Lipinski definition) is 1. The van der Waals surface area contributed by atoms with E-state index in [-0.39, 0.29) is 5.60 Å². The minimum Gasteiger partial charge on any atom is -0.374 e. The van der Waals surface area contributed by atoms with E-state index >= 15 is 0 Å². The first-order valence-electron chi connectivity index (χ1n) is 5.41. The molecule has 2 fully saturated rings. The molecule has 2 saturated heterocycles. The SMILES string of the molecule is C=CCNC1CCOC2(CCSC2)C1. The molecular formula is C11H19NOS. The maximum Gasteiger partial charge on any atom is 0.0795 e. The Labute approximate surface area is 90.5 Å². The van der Waals surface area contributed by atoms with E-state index in [1.807, 2.05) is 17.8 Å². The Balaban J connectivity index is 1.86. The van der Waals surface area contributed by atoms with Crippen molar-refractivity contribution in [2.75, 3.05) is 24.7 Å². The average Bonchev–Trinajstić information content (AvgIpc) is 2.63. The van der Waals surface area contributed by atoms with Crippen molar-refractivity contribution in [3.63, 3.8) is 0 Å². The lowest BCUT2D eigenvalue weighted by molar-refractivity contribution is -0.0696. The van der Waals surface area contributed by atoms with Crippen molar-refractivity contribution in [1.82, 2.24) is 5.32 Å². The molecule has 0 aliphatic carbocycles. The van der Waals surface area contributed by atoms with Gasteiger partial charge in [-0.05, 0) is 25.0 Å². The second kappa shape index (κ2) is 4.69. The minimum atomic E-state index is 0.210. The molecule has 2 unspecified atom stereocenters. The summed E-state index contributed by atoms with van der Waals surface area (Å²) in [4.78, 5) is 0. The first kappa shape index (κ1) is 10.5. The van der Waals surface area contributed by atoms with E-state index in [1.54, 1.807) is 0 Å². The predicted molar refractivity (Wildman–Crippen MR) is 61.8 cm³/mol. The van der Waals surface area contributed by atoms with Gasteiger partial charge < -0.3 is 10.1 Å². The predicted octanol–water partition coefficient (Wildman–Crippen LogP) is 1.82. The van der Waals surface area contributed by atoms with Gasteiger partial charge in [0.15, 0.2) is 0 Å². The lowest BCUT2D eigenvalue weighted by Gasteiger charge is -2.38. The molecule has 14 heavy (non-hydrogen) atoms. The van der Waals surface area contributed by atoms with Gasteiger partial charge in [-0.2, -0.15) is 11.8 Å². The van der Waals surface area contributed by atoms with Crippen LogP contribution in [0.5, 0.6) is 0 Å². The molecule has 0 aromatic rings. The highest BCUT2D eigenvalue weighted by atomic mass is 32.2. The van der Waals surface area contributed by atoms with Crippen molar-refractivity contribution in [1.29, 1.82) is 0 Å². The second-order valence-corrected chi connectivity index (χ2v) is 5.33. The van der Waals surface area contributed by atoms with Crippen LogP contribution in [0.15, 0.2) is 12.7 Å². The monoisotopic (exact) mass is 213 g/mol. The van der Waals surface area contributed by atoms with Crippen LogP contribution < -0.4 is 5.32 Å². The fraction of sp³-hybridized carbons (Fsp3) is 0.818. The molecular weight excluding hydrogens is 194 g/mol. The van der Waals surface area contributed by atoms with Gasteiger partial charge in [0.2, 0.25) is 0 Å². The smallest absolute Gasteiger partial charge is 0.0795 e. The third-order valence-corrected chi connectivity index (χ3v) is 4.33. The molecule has 0 aromatic heterocycles. The number of rotatable bonds is 3. The molecule has 3 heteroatoms. The lowest BCUT2D eigenvalue weighted by Crippen LogP contribution is -2.47. The molecule has 0 aromatic carbocycles. The van der Waals surface area contributed by atoms with Crippen molar-refractivity contribution in [3.05, 3.63) is 12.7 Å². The molecule has 1 spiro atoms. The third-order valence-electron chi connectivity index (χ3n) is 3.11. The first-order valence-corrected chi connectivity index (χ1v) is 6.56. The minimum absolute atomic E-state index is 0.210. The maximum atomic E-state index is 5.95. The molecule has 80 valence electrons. The zero-order chi connectivity index (χ0) is 9.86. The Kier molecular flexibility index (Phi) is 3.52. The van der Waals surface area contributed by atoms with Crippen molar-refractivity contribution >= 4 is 11.8 Å². The molecule has 2 aliphatic rings. The topological polar surface area (TPSA) is 21.3 Å². The van der Waals surface area contributed by atoms with Crippen LogP contribution in [0, 0.1) is 0 Å². The molecule has 2 atom stereocenters. The zero-order valence-electron chi connectivity index (χ0n) is 8.63. The summed E-state index contributed by atoms with van der Waals surface area (Å²) in [7, 11) is 0. The van der Waals surface area contributed by atoms with E-state index in [0.29, 0.717) is 6.04 Å². The molecule has 2 rings (SSSR count). The summed E-state index contributed by atoms with van der Waals surface area (Å²) in [6.45, 7) is 5.59. The summed E-state index contributed by atoms with van der Waals surface area (Å²) in [5.74, 6) is 2.47. The molecule has 0 amide bonds. The van der Waals surface area contributed by atoms with E-state index in [9.17, 15) is 0 Å². The fourth-order valence-corrected chi connectivity index (χ4v) is 3.69. The number of ether oxygens (including phenoxy) is 1. The summed E-state index contributed by atoms with van der Waals surface area (Å²) in [5.41, 5.74) is 0.210. The highest BCUT2D eigenvalue weighted by molar-refractivity contribution is 7.99. The Bertz CT molecular complexity index is 201. The number of nitrogens with one attached hydrogen (secondary N) is 1. The summed E-state index contributed by atoms with van der Waals surface area (Å²) >= 11 is 2.03. The molecule has 0 saturated carbocycles. The molecule has 1 N–H and O–H groups in total. The molecule has 0 bridgehead atoms. The quantitative estimate of drug-likeness (QED) is 0.723. The van der Waals surface area contributed by atoms with E-state index in [2.05, 4.69) is 11.9 Å². The van der Waals surface area contributed by atoms with Crippen LogP contribution in [0.3, 0.4) is 0 Å². The standard InChI is InChI=1S/C11H19NOS/c1-2-5-12-10-3-6-13-11(8-10)4-7-14-9-11/h2,10,12H,1,3-9H2. The van der Waals surface area contributed by atoms with Crippen molar-refractivity contribution < 1.29 is 4.74 Å². The number of hydrogen-bond acceptors (Lipinski definition) is 3. The van der Waals surface area contributed by atoms with E-state index < -0.39 is 0 Å². The van der Waals surface area contributed by atoms with E-state index in [4.69, 9.17) is 4.74 Å². The summed E-state index contributed by atoms with van der Waals surface area (Å²) in [5, 5.41) is 3.52. The van der Waals surface area contributed by atoms with Crippen molar-refractivity contribution in [3.8, 4) is 0 Å². The highest BCUT2D eigenvalue weighted by Crippen LogP contribution is 2.38. The van der Waals surface area contributed by atoms with E-state index in [1.165, 1.54) is 24.3 Å². The molecule has 2 aliphatic heterocycles. The van der Waals surface area contributed by atoms with Crippen LogP contribution in [-0.2, 0) is 4.74 Å². The third kappa shape index (κ3) is 2.33. The van der Waals surface area contributed by atoms with Crippen LogP contribution >= 0.6 is 11.8 Å². The van der Waals surface area contributed by atoms with Gasteiger partial charge in [-0.15, -0.1) is 6.58 Å². The molecule has 0 radical (unpaired) electrons. The Morgan fingerprint density at radius 1 is 1.64 bits per heavy atom. The van der Waals surface area contributed by atoms with Gasteiger partial charge in [0.05, 0.1) is 5.60 Å². The maximum absolute atomic E-state index is 5.95. The van der Waals surface area contributed by atoms with Gasteiger partial charge in [-0.25, -0.2) is 0 Å². The van der Waals surface area contributed by atoms with Gasteiger partial charge in [-0.3, -0.25) is 0 Å². The van der Waals surface area contributed by atoms with Crippen LogP contribution in [0.2, 0.25) is 0 Å². The lowest BCUT2D eigenvalue weighted by atomic mass is 9.90. The second-order valence-electron chi connectivity index (χ2n) is 4.22. The van der Waals surface area contributed by atoms with Gasteiger partial charge in [0.25, 0.3) is 0 Å². The van der Waals surface area contributed by atoms with Crippen LogP contribution in [0.25, 0.3) is 0 Å².